The molecule has 0 radical (unpaired) electrons. The van der Waals surface area contributed by atoms with Crippen LogP contribution in [-0.2, 0) is 11.3 Å². The number of para-hydroxylation sites is 1. The highest BCUT2D eigenvalue weighted by Crippen LogP contribution is 2.23. The summed E-state index contributed by atoms with van der Waals surface area (Å²) in [5.74, 6) is 1.30. The zero-order chi connectivity index (χ0) is 20.1. The number of carbonyl (C=O) groups excluding carboxylic acids is 1. The zero-order valence-electron chi connectivity index (χ0n) is 16.5. The number of anilines is 1. The molecule has 7 nitrogen and oxygen atoms in total. The summed E-state index contributed by atoms with van der Waals surface area (Å²) in [6.45, 7) is 4.65. The van der Waals surface area contributed by atoms with E-state index in [1.54, 1.807) is 18.6 Å². The fourth-order valence-corrected chi connectivity index (χ4v) is 3.48. The maximum absolute atomic E-state index is 12.6. The van der Waals surface area contributed by atoms with Crippen molar-refractivity contribution in [1.82, 2.24) is 19.9 Å². The molecule has 1 aromatic carbocycles. The lowest BCUT2D eigenvalue weighted by molar-refractivity contribution is -0.121. The van der Waals surface area contributed by atoms with Crippen molar-refractivity contribution in [3.63, 3.8) is 0 Å². The van der Waals surface area contributed by atoms with Gasteiger partial charge in [-0.2, -0.15) is 0 Å². The zero-order valence-corrected chi connectivity index (χ0v) is 16.5. The van der Waals surface area contributed by atoms with Crippen LogP contribution in [0.1, 0.15) is 24.2 Å². The first-order valence-corrected chi connectivity index (χ1v) is 9.88. The first kappa shape index (κ1) is 19.1. The van der Waals surface area contributed by atoms with Gasteiger partial charge in [0.25, 0.3) is 0 Å². The van der Waals surface area contributed by atoms with Gasteiger partial charge >= 0.3 is 0 Å². The molecule has 2 N–H and O–H groups in total. The van der Waals surface area contributed by atoms with Gasteiger partial charge in [0.1, 0.15) is 5.75 Å². The molecule has 1 aliphatic heterocycles. The number of H-pyrrole nitrogens is 1. The SMILES string of the molecule is Cc1[nH]cnc1CN1CCC(C(=O)Nc2ccc(Oc3ccccc3)nc2)CC1. The Kier molecular flexibility index (Phi) is 5.86. The van der Waals surface area contributed by atoms with E-state index < -0.39 is 0 Å². The number of imidazole rings is 1. The Labute approximate surface area is 170 Å². The highest BCUT2D eigenvalue weighted by Gasteiger charge is 2.25. The largest absolute Gasteiger partial charge is 0.439 e. The Balaban J connectivity index is 1.26. The fourth-order valence-electron chi connectivity index (χ4n) is 3.48. The van der Waals surface area contributed by atoms with Crippen LogP contribution in [0.2, 0.25) is 0 Å². The maximum atomic E-state index is 12.6. The van der Waals surface area contributed by atoms with E-state index in [-0.39, 0.29) is 11.8 Å². The highest BCUT2D eigenvalue weighted by molar-refractivity contribution is 5.92. The molecule has 0 aliphatic carbocycles. The third kappa shape index (κ3) is 5.00. The van der Waals surface area contributed by atoms with Crippen molar-refractivity contribution in [3.05, 3.63) is 66.4 Å². The molecule has 7 heteroatoms. The molecule has 3 heterocycles. The number of hydrogen-bond donors (Lipinski definition) is 2. The molecule has 2 aromatic heterocycles. The quantitative estimate of drug-likeness (QED) is 0.669. The number of aromatic nitrogens is 3. The van der Waals surface area contributed by atoms with Crippen LogP contribution in [0.4, 0.5) is 5.69 Å². The van der Waals surface area contributed by atoms with Crippen molar-refractivity contribution in [2.75, 3.05) is 18.4 Å². The smallest absolute Gasteiger partial charge is 0.227 e. The average molecular weight is 391 g/mol. The minimum atomic E-state index is 0.0202. The summed E-state index contributed by atoms with van der Waals surface area (Å²) < 4.78 is 5.68. The summed E-state index contributed by atoms with van der Waals surface area (Å²) in [4.78, 5) is 26.7. The van der Waals surface area contributed by atoms with Crippen LogP contribution in [0.5, 0.6) is 11.6 Å². The van der Waals surface area contributed by atoms with Gasteiger partial charge in [0.2, 0.25) is 11.8 Å². The topological polar surface area (TPSA) is 83.1 Å². The Morgan fingerprint density at radius 1 is 1.17 bits per heavy atom. The third-order valence-electron chi connectivity index (χ3n) is 5.24. The van der Waals surface area contributed by atoms with Crippen LogP contribution in [0.25, 0.3) is 0 Å². The molecular weight excluding hydrogens is 366 g/mol. The van der Waals surface area contributed by atoms with Crippen LogP contribution < -0.4 is 10.1 Å². The minimum Gasteiger partial charge on any atom is -0.439 e. The van der Waals surface area contributed by atoms with Gasteiger partial charge in [-0.05, 0) is 51.1 Å². The van der Waals surface area contributed by atoms with E-state index in [4.69, 9.17) is 4.74 Å². The van der Waals surface area contributed by atoms with Gasteiger partial charge in [-0.15, -0.1) is 0 Å². The van der Waals surface area contributed by atoms with E-state index in [0.29, 0.717) is 11.6 Å². The van der Waals surface area contributed by atoms with Gasteiger partial charge in [0.15, 0.2) is 0 Å². The number of pyridine rings is 1. The summed E-state index contributed by atoms with van der Waals surface area (Å²) in [7, 11) is 0. The Morgan fingerprint density at radius 2 is 1.97 bits per heavy atom. The highest BCUT2D eigenvalue weighted by atomic mass is 16.5. The number of piperidine rings is 1. The first-order chi connectivity index (χ1) is 14.2. The van der Waals surface area contributed by atoms with Crippen LogP contribution >= 0.6 is 0 Å². The second kappa shape index (κ2) is 8.87. The lowest BCUT2D eigenvalue weighted by atomic mass is 9.95. The molecule has 150 valence electrons. The van der Waals surface area contributed by atoms with Crippen molar-refractivity contribution in [2.24, 2.45) is 5.92 Å². The molecular formula is C22H25N5O2. The van der Waals surface area contributed by atoms with Crippen LogP contribution in [0.15, 0.2) is 55.0 Å². The van der Waals surface area contributed by atoms with E-state index in [0.717, 1.165) is 49.6 Å². The molecule has 4 rings (SSSR count). The summed E-state index contributed by atoms with van der Waals surface area (Å²) in [6.07, 6.45) is 5.05. The molecule has 0 spiro atoms. The van der Waals surface area contributed by atoms with E-state index in [1.807, 2.05) is 43.3 Å². The molecule has 0 unspecified atom stereocenters. The number of aromatic amines is 1. The number of benzene rings is 1. The van der Waals surface area contributed by atoms with Gasteiger partial charge in [-0.1, -0.05) is 18.2 Å². The summed E-state index contributed by atoms with van der Waals surface area (Å²) in [5.41, 5.74) is 2.87. The van der Waals surface area contributed by atoms with Crippen molar-refractivity contribution in [3.8, 4) is 11.6 Å². The normalized spacial score (nSPS) is 15.2. The van der Waals surface area contributed by atoms with Crippen LogP contribution in [-0.4, -0.2) is 38.8 Å². The second-order valence-corrected chi connectivity index (χ2v) is 7.31. The number of likely N-dealkylation sites (tertiary alicyclic amines) is 1. The number of carbonyl (C=O) groups is 1. The number of aryl methyl sites for hydroxylation is 1. The van der Waals surface area contributed by atoms with Gasteiger partial charge in [0.05, 0.1) is 23.9 Å². The monoisotopic (exact) mass is 391 g/mol. The molecule has 1 fully saturated rings. The number of amides is 1. The molecule has 1 aliphatic rings. The summed E-state index contributed by atoms with van der Waals surface area (Å²) >= 11 is 0. The van der Waals surface area contributed by atoms with Crippen molar-refractivity contribution < 1.29 is 9.53 Å². The van der Waals surface area contributed by atoms with E-state index in [2.05, 4.69) is 25.2 Å². The van der Waals surface area contributed by atoms with Crippen molar-refractivity contribution >= 4 is 11.6 Å². The first-order valence-electron chi connectivity index (χ1n) is 9.88. The maximum Gasteiger partial charge on any atom is 0.227 e. The number of nitrogens with one attached hydrogen (secondary N) is 2. The predicted octanol–water partition coefficient (Wildman–Crippen LogP) is 3.76. The Hall–Kier alpha value is -3.19. The minimum absolute atomic E-state index is 0.0202. The summed E-state index contributed by atoms with van der Waals surface area (Å²) in [5, 5.41) is 2.98. The standard InChI is InChI=1S/C22H25N5O2/c1-16-20(25-15-24-16)14-27-11-9-17(10-12-27)22(28)26-18-7-8-21(23-13-18)29-19-5-3-2-4-6-19/h2-8,13,15,17H,9-12,14H2,1H3,(H,24,25)(H,26,28). The van der Waals surface area contributed by atoms with Gasteiger partial charge in [0, 0.05) is 24.2 Å². The van der Waals surface area contributed by atoms with E-state index >= 15 is 0 Å². The molecule has 0 saturated carbocycles. The second-order valence-electron chi connectivity index (χ2n) is 7.31. The molecule has 1 saturated heterocycles. The van der Waals surface area contributed by atoms with E-state index in [1.165, 1.54) is 0 Å². The van der Waals surface area contributed by atoms with E-state index in [9.17, 15) is 4.79 Å². The lowest BCUT2D eigenvalue weighted by Gasteiger charge is -2.30. The molecule has 0 atom stereocenters. The molecule has 29 heavy (non-hydrogen) atoms. The Bertz CT molecular complexity index is 931. The molecule has 1 amide bonds. The number of rotatable bonds is 6. The summed E-state index contributed by atoms with van der Waals surface area (Å²) in [6, 6.07) is 13.1. The Morgan fingerprint density at radius 3 is 2.62 bits per heavy atom. The third-order valence-corrected chi connectivity index (χ3v) is 5.24. The van der Waals surface area contributed by atoms with Crippen LogP contribution in [0.3, 0.4) is 0 Å². The number of hydrogen-bond acceptors (Lipinski definition) is 5. The van der Waals surface area contributed by atoms with Gasteiger partial charge < -0.3 is 15.0 Å². The van der Waals surface area contributed by atoms with Gasteiger partial charge in [-0.3, -0.25) is 9.69 Å². The average Bonchev–Trinajstić information content (AvgIpc) is 3.15. The van der Waals surface area contributed by atoms with Gasteiger partial charge in [-0.25, -0.2) is 9.97 Å². The fraction of sp³-hybridized carbons (Fsp3) is 0.318. The van der Waals surface area contributed by atoms with Crippen molar-refractivity contribution in [2.45, 2.75) is 26.3 Å². The molecule has 0 bridgehead atoms. The lowest BCUT2D eigenvalue weighted by Crippen LogP contribution is -2.38. The van der Waals surface area contributed by atoms with Crippen molar-refractivity contribution in [1.29, 1.82) is 0 Å². The number of ether oxygens (including phenoxy) is 1. The predicted molar refractivity (Wildman–Crippen MR) is 111 cm³/mol. The van der Waals surface area contributed by atoms with Crippen LogP contribution in [0, 0.1) is 12.8 Å². The molecule has 3 aromatic rings. The number of nitrogens with zero attached hydrogens (tertiary/aromatic N) is 3.